The Morgan fingerprint density at radius 1 is 1.03 bits per heavy atom. The van der Waals surface area contributed by atoms with Gasteiger partial charge in [0.05, 0.1) is 5.52 Å². The lowest BCUT2D eigenvalue weighted by atomic mass is 9.95. The standard InChI is InChI=1S/C28H33N9/c1-4-21-16-36(27-26-25(12-10-20(13-29)32-26)37-17-31-34-28(37)33-27)22(5-2)15-35(21)24(6-3)19-9-11-23(30-14-19)18-7-8-18/h9-12,14,17-18,21-22,24H,4-8,15-16H2,1-3H3/t21-,22+,24+/m1/s1. The van der Waals surface area contributed by atoms with Gasteiger partial charge in [-0.1, -0.05) is 26.8 Å². The second-order valence-electron chi connectivity index (χ2n) is 10.3. The third kappa shape index (κ3) is 4.19. The Kier molecular flexibility index (Phi) is 6.21. The van der Waals surface area contributed by atoms with Crippen LogP contribution >= 0.6 is 0 Å². The minimum absolute atomic E-state index is 0.254. The normalized spacial score (nSPS) is 21.4. The molecule has 0 unspecified atom stereocenters. The predicted molar refractivity (Wildman–Crippen MR) is 142 cm³/mol. The largest absolute Gasteiger partial charge is 0.349 e. The average molecular weight is 496 g/mol. The molecular formula is C28H33N9. The highest BCUT2D eigenvalue weighted by molar-refractivity contribution is 5.88. The highest BCUT2D eigenvalue weighted by Crippen LogP contribution is 2.40. The number of hydrogen-bond donors (Lipinski definition) is 0. The van der Waals surface area contributed by atoms with Gasteiger partial charge in [-0.3, -0.25) is 14.3 Å². The molecule has 4 aromatic rings. The van der Waals surface area contributed by atoms with Gasteiger partial charge in [0.15, 0.2) is 5.82 Å². The molecular weight excluding hydrogens is 462 g/mol. The van der Waals surface area contributed by atoms with E-state index in [1.54, 1.807) is 12.4 Å². The van der Waals surface area contributed by atoms with E-state index >= 15 is 0 Å². The summed E-state index contributed by atoms with van der Waals surface area (Å²) in [7, 11) is 0. The summed E-state index contributed by atoms with van der Waals surface area (Å²) in [4.78, 5) is 19.5. The molecule has 4 aromatic heterocycles. The lowest BCUT2D eigenvalue weighted by molar-refractivity contribution is 0.0894. The Morgan fingerprint density at radius 3 is 2.54 bits per heavy atom. The van der Waals surface area contributed by atoms with Gasteiger partial charge in [0.2, 0.25) is 0 Å². The first-order valence-corrected chi connectivity index (χ1v) is 13.5. The summed E-state index contributed by atoms with van der Waals surface area (Å²) >= 11 is 0. The average Bonchev–Trinajstić information content (AvgIpc) is 3.69. The van der Waals surface area contributed by atoms with Crippen LogP contribution in [0.2, 0.25) is 0 Å². The number of rotatable bonds is 7. The molecule has 9 heteroatoms. The summed E-state index contributed by atoms with van der Waals surface area (Å²) < 4.78 is 1.84. The van der Waals surface area contributed by atoms with Crippen molar-refractivity contribution in [2.45, 2.75) is 76.9 Å². The molecule has 9 nitrogen and oxygen atoms in total. The maximum atomic E-state index is 9.54. The second-order valence-corrected chi connectivity index (χ2v) is 10.3. The maximum Gasteiger partial charge on any atom is 0.257 e. The molecule has 0 bridgehead atoms. The summed E-state index contributed by atoms with van der Waals surface area (Å²) in [6, 6.07) is 11.3. The second kappa shape index (κ2) is 9.67. The molecule has 37 heavy (non-hydrogen) atoms. The zero-order valence-electron chi connectivity index (χ0n) is 21.7. The predicted octanol–water partition coefficient (Wildman–Crippen LogP) is 4.65. The Morgan fingerprint density at radius 2 is 1.86 bits per heavy atom. The van der Waals surface area contributed by atoms with Crippen molar-refractivity contribution in [2.24, 2.45) is 0 Å². The highest BCUT2D eigenvalue weighted by Gasteiger charge is 2.38. The van der Waals surface area contributed by atoms with E-state index in [0.29, 0.717) is 29.5 Å². The first-order chi connectivity index (χ1) is 18.1. The SMILES string of the molecule is CC[C@H]1CN([C@@H](CC)c2ccc(C3CC3)nc2)[C@H](CC)CN1c1nc2nncn2c2ccc(C#N)nc12. The molecule has 1 saturated heterocycles. The Labute approximate surface area is 217 Å². The number of fused-ring (bicyclic) bond motifs is 3. The molecule has 1 aliphatic carbocycles. The molecule has 0 amide bonds. The van der Waals surface area contributed by atoms with Crippen LogP contribution in [-0.2, 0) is 0 Å². The van der Waals surface area contributed by atoms with Crippen LogP contribution in [-0.4, -0.2) is 59.6 Å². The summed E-state index contributed by atoms with van der Waals surface area (Å²) in [5, 5.41) is 17.9. The molecule has 6 rings (SSSR count). The molecule has 2 aliphatic rings. The minimum Gasteiger partial charge on any atom is -0.349 e. The third-order valence-electron chi connectivity index (χ3n) is 8.13. The van der Waals surface area contributed by atoms with Crippen LogP contribution in [0.3, 0.4) is 0 Å². The van der Waals surface area contributed by atoms with Crippen molar-refractivity contribution >= 4 is 22.6 Å². The van der Waals surface area contributed by atoms with Crippen molar-refractivity contribution < 1.29 is 0 Å². The van der Waals surface area contributed by atoms with E-state index in [1.165, 1.54) is 24.1 Å². The molecule has 0 radical (unpaired) electrons. The van der Waals surface area contributed by atoms with E-state index in [0.717, 1.165) is 49.2 Å². The Balaban J connectivity index is 1.37. The first kappa shape index (κ1) is 23.7. The fourth-order valence-electron chi connectivity index (χ4n) is 5.92. The van der Waals surface area contributed by atoms with Crippen LogP contribution in [0.15, 0.2) is 36.8 Å². The van der Waals surface area contributed by atoms with Crippen LogP contribution in [0, 0.1) is 11.3 Å². The maximum absolute atomic E-state index is 9.54. The summed E-state index contributed by atoms with van der Waals surface area (Å²) in [5.74, 6) is 2.01. The molecule has 0 aromatic carbocycles. The van der Waals surface area contributed by atoms with Gasteiger partial charge < -0.3 is 4.90 Å². The van der Waals surface area contributed by atoms with Gasteiger partial charge >= 0.3 is 0 Å². The highest BCUT2D eigenvalue weighted by atomic mass is 15.4. The van der Waals surface area contributed by atoms with Crippen molar-refractivity contribution in [2.75, 3.05) is 18.0 Å². The van der Waals surface area contributed by atoms with Gasteiger partial charge in [0.1, 0.15) is 23.6 Å². The van der Waals surface area contributed by atoms with E-state index in [2.05, 4.69) is 65.2 Å². The topological polar surface area (TPSA) is 99.1 Å². The number of piperazine rings is 1. The van der Waals surface area contributed by atoms with Gasteiger partial charge in [-0.15, -0.1) is 10.2 Å². The van der Waals surface area contributed by atoms with Gasteiger partial charge in [-0.2, -0.15) is 10.2 Å². The number of pyridine rings is 2. The van der Waals surface area contributed by atoms with Crippen molar-refractivity contribution in [3.63, 3.8) is 0 Å². The summed E-state index contributed by atoms with van der Waals surface area (Å²) in [6.45, 7) is 8.55. The van der Waals surface area contributed by atoms with Gasteiger partial charge in [-0.25, -0.2) is 4.98 Å². The Bertz CT molecular complexity index is 1450. The molecule has 0 N–H and O–H groups in total. The van der Waals surface area contributed by atoms with E-state index < -0.39 is 0 Å². The van der Waals surface area contributed by atoms with Gasteiger partial charge in [-0.05, 0) is 55.9 Å². The van der Waals surface area contributed by atoms with Crippen LogP contribution in [0.5, 0.6) is 0 Å². The van der Waals surface area contributed by atoms with Crippen LogP contribution in [0.4, 0.5) is 5.82 Å². The quantitative estimate of drug-likeness (QED) is 0.365. The first-order valence-electron chi connectivity index (χ1n) is 13.5. The van der Waals surface area contributed by atoms with Crippen LogP contribution in [0.25, 0.3) is 16.8 Å². The third-order valence-corrected chi connectivity index (χ3v) is 8.13. The molecule has 2 fully saturated rings. The fraction of sp³-hybridized carbons (Fsp3) is 0.500. The number of nitriles is 1. The smallest absolute Gasteiger partial charge is 0.257 e. The number of hydrogen-bond acceptors (Lipinski definition) is 8. The fourth-order valence-corrected chi connectivity index (χ4v) is 5.92. The van der Waals surface area contributed by atoms with Crippen molar-refractivity contribution in [3.05, 3.63) is 53.7 Å². The van der Waals surface area contributed by atoms with Crippen molar-refractivity contribution in [1.82, 2.24) is 34.4 Å². The number of aromatic nitrogens is 6. The van der Waals surface area contributed by atoms with Crippen molar-refractivity contribution in [3.8, 4) is 6.07 Å². The molecule has 1 aliphatic heterocycles. The molecule has 5 heterocycles. The van der Waals surface area contributed by atoms with Crippen molar-refractivity contribution in [1.29, 1.82) is 5.26 Å². The van der Waals surface area contributed by atoms with Crippen LogP contribution in [0.1, 0.15) is 81.8 Å². The van der Waals surface area contributed by atoms with E-state index in [-0.39, 0.29) is 6.04 Å². The molecule has 1 saturated carbocycles. The number of anilines is 1. The zero-order chi connectivity index (χ0) is 25.5. The number of nitrogens with zero attached hydrogens (tertiary/aromatic N) is 9. The van der Waals surface area contributed by atoms with E-state index in [1.807, 2.05) is 10.5 Å². The van der Waals surface area contributed by atoms with E-state index in [9.17, 15) is 5.26 Å². The summed E-state index contributed by atoms with van der Waals surface area (Å²) in [5.41, 5.74) is 4.52. The molecule has 3 atom stereocenters. The zero-order valence-corrected chi connectivity index (χ0v) is 21.7. The Hall–Kier alpha value is -3.64. The van der Waals surface area contributed by atoms with Gasteiger partial charge in [0.25, 0.3) is 5.78 Å². The van der Waals surface area contributed by atoms with Crippen LogP contribution < -0.4 is 4.90 Å². The summed E-state index contributed by atoms with van der Waals surface area (Å²) in [6.07, 6.45) is 9.35. The lowest BCUT2D eigenvalue weighted by Crippen LogP contribution is -2.59. The van der Waals surface area contributed by atoms with E-state index in [4.69, 9.17) is 15.0 Å². The lowest BCUT2D eigenvalue weighted by Gasteiger charge is -2.49. The monoisotopic (exact) mass is 495 g/mol. The molecule has 190 valence electrons. The molecule has 0 spiro atoms. The minimum atomic E-state index is 0.254. The van der Waals surface area contributed by atoms with Gasteiger partial charge in [0, 0.05) is 49.0 Å².